The maximum atomic E-state index is 12.4. The van der Waals surface area contributed by atoms with E-state index in [1.165, 1.54) is 0 Å². The molecule has 1 aliphatic rings. The lowest BCUT2D eigenvalue weighted by Crippen LogP contribution is -2.48. The van der Waals surface area contributed by atoms with Crippen molar-refractivity contribution in [3.05, 3.63) is 58.3 Å². The van der Waals surface area contributed by atoms with Gasteiger partial charge in [0, 0.05) is 36.2 Å². The fourth-order valence-corrected chi connectivity index (χ4v) is 3.46. The summed E-state index contributed by atoms with van der Waals surface area (Å²) in [6.07, 6.45) is 0. The Kier molecular flexibility index (Phi) is 5.09. The van der Waals surface area contributed by atoms with Gasteiger partial charge in [-0.3, -0.25) is 9.69 Å². The van der Waals surface area contributed by atoms with Crippen molar-refractivity contribution in [2.24, 2.45) is 0 Å². The van der Waals surface area contributed by atoms with Crippen LogP contribution in [0.15, 0.2) is 49.7 Å². The first-order valence-electron chi connectivity index (χ1n) is 8.75. The highest BCUT2D eigenvalue weighted by molar-refractivity contribution is 9.10. The minimum atomic E-state index is -0.0579. The molecule has 1 aliphatic heterocycles. The molecule has 0 saturated carbocycles. The first kappa shape index (κ1) is 17.9. The molecular weight excluding hydrogens is 412 g/mol. The summed E-state index contributed by atoms with van der Waals surface area (Å²) in [5.41, 5.74) is 0.882. The molecule has 0 unspecified atom stereocenters. The molecule has 1 fully saturated rings. The predicted molar refractivity (Wildman–Crippen MR) is 102 cm³/mol. The van der Waals surface area contributed by atoms with E-state index < -0.39 is 0 Å². The highest BCUT2D eigenvalue weighted by Gasteiger charge is 2.25. The Morgan fingerprint density at radius 3 is 2.63 bits per heavy atom. The average Bonchev–Trinajstić information content (AvgIpc) is 3.31. The lowest BCUT2D eigenvalue weighted by molar-refractivity contribution is 0.0586. The van der Waals surface area contributed by atoms with E-state index in [1.807, 2.05) is 42.2 Å². The topological polar surface area (TPSA) is 75.6 Å². The zero-order valence-corrected chi connectivity index (χ0v) is 16.5. The molecule has 8 heteroatoms. The molecule has 1 aromatic carbocycles. The number of hydrogen-bond acceptors (Lipinski definition) is 6. The molecular formula is C19H19BrN4O3. The first-order chi connectivity index (χ1) is 13.1. The number of aryl methyl sites for hydroxylation is 1. The van der Waals surface area contributed by atoms with Crippen LogP contribution < -0.4 is 0 Å². The number of benzene rings is 1. The second-order valence-electron chi connectivity index (χ2n) is 6.49. The van der Waals surface area contributed by atoms with Crippen molar-refractivity contribution in [3.63, 3.8) is 0 Å². The van der Waals surface area contributed by atoms with Crippen molar-refractivity contribution in [1.29, 1.82) is 0 Å². The molecule has 2 aromatic heterocycles. The molecule has 7 nitrogen and oxygen atoms in total. The second kappa shape index (κ2) is 7.66. The van der Waals surface area contributed by atoms with Gasteiger partial charge in [-0.2, -0.15) is 0 Å². The Hall–Kier alpha value is -2.45. The number of hydrogen-bond donors (Lipinski definition) is 0. The molecule has 4 rings (SSSR count). The number of carbonyl (C=O) groups is 1. The number of piperazine rings is 1. The molecule has 0 atom stereocenters. The predicted octanol–water partition coefficient (Wildman–Crippen LogP) is 3.36. The molecule has 0 radical (unpaired) electrons. The van der Waals surface area contributed by atoms with Crippen LogP contribution in [-0.4, -0.2) is 52.1 Å². The van der Waals surface area contributed by atoms with Gasteiger partial charge in [-0.05, 0) is 37.3 Å². The van der Waals surface area contributed by atoms with Crippen LogP contribution in [0.4, 0.5) is 0 Å². The Balaban J connectivity index is 1.34. The van der Waals surface area contributed by atoms with Crippen molar-refractivity contribution in [2.75, 3.05) is 26.2 Å². The van der Waals surface area contributed by atoms with Gasteiger partial charge in [-0.1, -0.05) is 22.0 Å². The number of furan rings is 1. The number of carbonyl (C=O) groups excluding carboxylic acids is 1. The smallest absolute Gasteiger partial charge is 0.289 e. The van der Waals surface area contributed by atoms with E-state index >= 15 is 0 Å². The van der Waals surface area contributed by atoms with Gasteiger partial charge in [0.2, 0.25) is 11.8 Å². The van der Waals surface area contributed by atoms with Crippen molar-refractivity contribution in [2.45, 2.75) is 13.5 Å². The standard InChI is InChI=1S/C19H19BrN4O3/c1-13-5-6-16(26-13)19(25)24-9-7-23(8-10-24)12-17-21-22-18(27-17)14-3-2-4-15(20)11-14/h2-6,11H,7-10,12H2,1H3. The zero-order valence-electron chi connectivity index (χ0n) is 14.9. The van der Waals surface area contributed by atoms with Crippen LogP contribution in [0.25, 0.3) is 11.5 Å². The summed E-state index contributed by atoms with van der Waals surface area (Å²) >= 11 is 3.44. The van der Waals surface area contributed by atoms with E-state index in [-0.39, 0.29) is 5.91 Å². The number of rotatable bonds is 4. The van der Waals surface area contributed by atoms with E-state index in [4.69, 9.17) is 8.83 Å². The molecule has 0 aliphatic carbocycles. The molecule has 1 amide bonds. The molecule has 3 aromatic rings. The average molecular weight is 431 g/mol. The highest BCUT2D eigenvalue weighted by Crippen LogP contribution is 2.22. The molecule has 0 N–H and O–H groups in total. The summed E-state index contributed by atoms with van der Waals surface area (Å²) < 4.78 is 12.2. The maximum Gasteiger partial charge on any atom is 0.289 e. The van der Waals surface area contributed by atoms with Gasteiger partial charge in [0.15, 0.2) is 5.76 Å². The van der Waals surface area contributed by atoms with Crippen molar-refractivity contribution in [3.8, 4) is 11.5 Å². The third-order valence-electron chi connectivity index (χ3n) is 4.51. The van der Waals surface area contributed by atoms with E-state index in [0.717, 1.165) is 28.9 Å². The fourth-order valence-electron chi connectivity index (χ4n) is 3.06. The van der Waals surface area contributed by atoms with E-state index in [0.29, 0.717) is 37.2 Å². The van der Waals surface area contributed by atoms with Gasteiger partial charge in [-0.15, -0.1) is 10.2 Å². The van der Waals surface area contributed by atoms with Crippen molar-refractivity contribution >= 4 is 21.8 Å². The highest BCUT2D eigenvalue weighted by atomic mass is 79.9. The third-order valence-corrected chi connectivity index (χ3v) is 5.00. The molecule has 3 heterocycles. The van der Waals surface area contributed by atoms with Gasteiger partial charge in [0.25, 0.3) is 5.91 Å². The summed E-state index contributed by atoms with van der Waals surface area (Å²) in [4.78, 5) is 16.5. The second-order valence-corrected chi connectivity index (χ2v) is 7.41. The summed E-state index contributed by atoms with van der Waals surface area (Å²) in [7, 11) is 0. The van der Waals surface area contributed by atoms with Crippen LogP contribution in [-0.2, 0) is 6.54 Å². The van der Waals surface area contributed by atoms with Crippen LogP contribution in [0.1, 0.15) is 22.2 Å². The zero-order chi connectivity index (χ0) is 18.8. The van der Waals surface area contributed by atoms with Gasteiger partial charge >= 0.3 is 0 Å². The Bertz CT molecular complexity index is 944. The number of amides is 1. The summed E-state index contributed by atoms with van der Waals surface area (Å²) in [6.45, 7) is 5.20. The van der Waals surface area contributed by atoms with Gasteiger partial charge in [0.1, 0.15) is 5.76 Å². The maximum absolute atomic E-state index is 12.4. The molecule has 0 bridgehead atoms. The molecule has 0 spiro atoms. The minimum absolute atomic E-state index is 0.0579. The normalized spacial score (nSPS) is 15.3. The minimum Gasteiger partial charge on any atom is -0.456 e. The third kappa shape index (κ3) is 4.12. The van der Waals surface area contributed by atoms with Crippen LogP contribution in [0.5, 0.6) is 0 Å². The quantitative estimate of drug-likeness (QED) is 0.631. The van der Waals surface area contributed by atoms with Crippen LogP contribution in [0, 0.1) is 6.92 Å². The van der Waals surface area contributed by atoms with Gasteiger partial charge < -0.3 is 13.7 Å². The number of halogens is 1. The fraction of sp³-hybridized carbons (Fsp3) is 0.316. The van der Waals surface area contributed by atoms with Gasteiger partial charge in [-0.25, -0.2) is 0 Å². The monoisotopic (exact) mass is 430 g/mol. The van der Waals surface area contributed by atoms with Crippen molar-refractivity contribution < 1.29 is 13.6 Å². The van der Waals surface area contributed by atoms with Crippen LogP contribution in [0.3, 0.4) is 0 Å². The first-order valence-corrected chi connectivity index (χ1v) is 9.54. The summed E-state index contributed by atoms with van der Waals surface area (Å²) in [6, 6.07) is 11.3. The van der Waals surface area contributed by atoms with Crippen LogP contribution in [0.2, 0.25) is 0 Å². The van der Waals surface area contributed by atoms with E-state index in [9.17, 15) is 4.79 Å². The number of nitrogens with zero attached hydrogens (tertiary/aromatic N) is 4. The van der Waals surface area contributed by atoms with Crippen LogP contribution >= 0.6 is 15.9 Å². The van der Waals surface area contributed by atoms with Crippen molar-refractivity contribution in [1.82, 2.24) is 20.0 Å². The Labute approximate surface area is 165 Å². The summed E-state index contributed by atoms with van der Waals surface area (Å²) in [5.74, 6) is 2.17. The number of aromatic nitrogens is 2. The lowest BCUT2D eigenvalue weighted by Gasteiger charge is -2.33. The molecule has 140 valence electrons. The van der Waals surface area contributed by atoms with E-state index in [2.05, 4.69) is 31.0 Å². The Morgan fingerprint density at radius 2 is 1.93 bits per heavy atom. The Morgan fingerprint density at radius 1 is 1.11 bits per heavy atom. The largest absolute Gasteiger partial charge is 0.456 e. The SMILES string of the molecule is Cc1ccc(C(=O)N2CCN(Cc3nnc(-c4cccc(Br)c4)o3)CC2)o1. The lowest BCUT2D eigenvalue weighted by atomic mass is 10.2. The molecule has 1 saturated heterocycles. The molecule has 27 heavy (non-hydrogen) atoms. The van der Waals surface area contributed by atoms with E-state index in [1.54, 1.807) is 6.07 Å². The summed E-state index contributed by atoms with van der Waals surface area (Å²) in [5, 5.41) is 8.29. The van der Waals surface area contributed by atoms with Gasteiger partial charge in [0.05, 0.1) is 6.54 Å².